The van der Waals surface area contributed by atoms with Gasteiger partial charge in [-0.2, -0.15) is 0 Å². The van der Waals surface area contributed by atoms with E-state index in [1.54, 1.807) is 18.2 Å². The fourth-order valence-electron chi connectivity index (χ4n) is 2.42. The number of rotatable bonds is 4. The summed E-state index contributed by atoms with van der Waals surface area (Å²) in [6, 6.07) is 15.6. The second-order valence-corrected chi connectivity index (χ2v) is 5.29. The molecule has 0 bridgehead atoms. The van der Waals surface area contributed by atoms with E-state index in [1.807, 2.05) is 24.3 Å². The Morgan fingerprint density at radius 3 is 2.30 bits per heavy atom. The van der Waals surface area contributed by atoms with Gasteiger partial charge in [0.25, 0.3) is 0 Å². The molecule has 1 aromatic heterocycles. The number of aryl methyl sites for hydroxylation is 2. The van der Waals surface area contributed by atoms with E-state index in [2.05, 4.69) is 10.2 Å². The molecule has 2 aromatic carbocycles. The third kappa shape index (κ3) is 3.45. The fraction of sp³-hybridized carbons (Fsp3) is 0.111. The first-order valence-electron chi connectivity index (χ1n) is 7.28. The zero-order valence-corrected chi connectivity index (χ0v) is 12.3. The first-order chi connectivity index (χ1) is 11.1. The maximum absolute atomic E-state index is 13.8. The smallest absolute Gasteiger partial charge is 0.302 e. The molecule has 0 amide bonds. The van der Waals surface area contributed by atoms with Crippen molar-refractivity contribution in [3.05, 3.63) is 92.2 Å². The minimum atomic E-state index is -0.650. The van der Waals surface area contributed by atoms with Gasteiger partial charge < -0.3 is 5.10 Å². The molecule has 0 saturated carbocycles. The standard InChI is InChI=1S/C18H15FN2O2/c19-16-4-2-1-3-15(16)13-8-5-12(6-9-13)7-10-14-11-17(22)18(23)21-20-14/h1-6,8-9,11H,7,10H2,(H,20,22)(H,21,23). The Kier molecular flexibility index (Phi) is 4.19. The van der Waals surface area contributed by atoms with Crippen LogP contribution >= 0.6 is 0 Å². The predicted octanol–water partition coefficient (Wildman–Crippen LogP) is 2.65. The molecule has 0 aliphatic rings. The molecular weight excluding hydrogens is 295 g/mol. The molecule has 5 heteroatoms. The number of halogens is 1. The minimum Gasteiger partial charge on any atom is -0.302 e. The van der Waals surface area contributed by atoms with E-state index >= 15 is 0 Å². The molecule has 0 radical (unpaired) electrons. The molecule has 116 valence electrons. The van der Waals surface area contributed by atoms with Gasteiger partial charge in [0.15, 0.2) is 0 Å². The lowest BCUT2D eigenvalue weighted by molar-refractivity contribution is 0.631. The highest BCUT2D eigenvalue weighted by molar-refractivity contribution is 5.64. The summed E-state index contributed by atoms with van der Waals surface area (Å²) in [7, 11) is 0. The molecule has 0 aliphatic carbocycles. The van der Waals surface area contributed by atoms with E-state index in [1.165, 1.54) is 12.1 Å². The number of nitrogens with one attached hydrogen (secondary N) is 2. The van der Waals surface area contributed by atoms with E-state index < -0.39 is 11.0 Å². The summed E-state index contributed by atoms with van der Waals surface area (Å²) in [6.07, 6.45) is 1.31. The van der Waals surface area contributed by atoms with E-state index in [0.29, 0.717) is 24.1 Å². The number of aromatic nitrogens is 2. The fourth-order valence-corrected chi connectivity index (χ4v) is 2.42. The molecule has 0 aliphatic heterocycles. The molecule has 0 fully saturated rings. The number of aromatic amines is 2. The molecule has 2 N–H and O–H groups in total. The van der Waals surface area contributed by atoms with Crippen molar-refractivity contribution in [2.75, 3.05) is 0 Å². The summed E-state index contributed by atoms with van der Waals surface area (Å²) in [5, 5.41) is 5.01. The molecule has 0 spiro atoms. The van der Waals surface area contributed by atoms with Gasteiger partial charge in [-0.3, -0.25) is 14.7 Å². The topological polar surface area (TPSA) is 65.7 Å². The van der Waals surface area contributed by atoms with Crippen molar-refractivity contribution >= 4 is 0 Å². The number of benzene rings is 2. The molecule has 23 heavy (non-hydrogen) atoms. The highest BCUT2D eigenvalue weighted by Crippen LogP contribution is 2.22. The van der Waals surface area contributed by atoms with Crippen LogP contribution in [0.1, 0.15) is 11.3 Å². The Balaban J connectivity index is 1.73. The second-order valence-electron chi connectivity index (χ2n) is 5.29. The van der Waals surface area contributed by atoms with E-state index in [9.17, 15) is 14.0 Å². The lowest BCUT2D eigenvalue weighted by Gasteiger charge is -2.06. The van der Waals surface area contributed by atoms with Crippen molar-refractivity contribution in [3.63, 3.8) is 0 Å². The van der Waals surface area contributed by atoms with Gasteiger partial charge in [-0.25, -0.2) is 4.39 Å². The Morgan fingerprint density at radius 1 is 0.870 bits per heavy atom. The average molecular weight is 310 g/mol. The number of H-pyrrole nitrogens is 2. The van der Waals surface area contributed by atoms with Gasteiger partial charge in [0, 0.05) is 17.3 Å². The van der Waals surface area contributed by atoms with E-state index in [0.717, 1.165) is 11.1 Å². The first kappa shape index (κ1) is 15.0. The van der Waals surface area contributed by atoms with Crippen molar-refractivity contribution < 1.29 is 4.39 Å². The van der Waals surface area contributed by atoms with Gasteiger partial charge >= 0.3 is 5.56 Å². The SMILES string of the molecule is O=c1cc(CCc2ccc(-c3ccccc3F)cc2)[nH][nH]c1=O. The zero-order valence-electron chi connectivity index (χ0n) is 12.3. The second kappa shape index (κ2) is 6.44. The summed E-state index contributed by atoms with van der Waals surface area (Å²) >= 11 is 0. The van der Waals surface area contributed by atoms with Crippen LogP contribution in [0.3, 0.4) is 0 Å². The van der Waals surface area contributed by atoms with Crippen molar-refractivity contribution in [1.82, 2.24) is 10.2 Å². The van der Waals surface area contributed by atoms with Gasteiger partial charge in [-0.1, -0.05) is 42.5 Å². The molecule has 0 unspecified atom stereocenters. The van der Waals surface area contributed by atoms with Gasteiger partial charge in [0.1, 0.15) is 5.82 Å². The van der Waals surface area contributed by atoms with Gasteiger partial charge in [0.2, 0.25) is 5.43 Å². The maximum atomic E-state index is 13.8. The lowest BCUT2D eigenvalue weighted by atomic mass is 10.0. The summed E-state index contributed by atoms with van der Waals surface area (Å²) < 4.78 is 13.8. The van der Waals surface area contributed by atoms with Crippen LogP contribution in [0.15, 0.2) is 64.2 Å². The maximum Gasteiger partial charge on any atom is 0.310 e. The van der Waals surface area contributed by atoms with E-state index in [-0.39, 0.29) is 5.82 Å². The molecule has 0 saturated heterocycles. The Labute approximate surface area is 131 Å². The summed E-state index contributed by atoms with van der Waals surface area (Å²) in [5.74, 6) is -0.244. The molecule has 3 rings (SSSR count). The van der Waals surface area contributed by atoms with Crippen LogP contribution in [0, 0.1) is 5.82 Å². The molecule has 1 heterocycles. The third-order valence-electron chi connectivity index (χ3n) is 3.69. The molecule has 0 atom stereocenters. The number of hydrogen-bond acceptors (Lipinski definition) is 2. The third-order valence-corrected chi connectivity index (χ3v) is 3.69. The van der Waals surface area contributed by atoms with Crippen molar-refractivity contribution in [3.8, 4) is 11.1 Å². The molecule has 3 aromatic rings. The largest absolute Gasteiger partial charge is 0.310 e. The normalized spacial score (nSPS) is 10.7. The van der Waals surface area contributed by atoms with E-state index in [4.69, 9.17) is 0 Å². The molecule has 4 nitrogen and oxygen atoms in total. The minimum absolute atomic E-state index is 0.244. The van der Waals surface area contributed by atoms with Gasteiger partial charge in [-0.05, 0) is 30.0 Å². The quantitative estimate of drug-likeness (QED) is 0.728. The predicted molar refractivity (Wildman–Crippen MR) is 86.9 cm³/mol. The number of hydrogen-bond donors (Lipinski definition) is 2. The zero-order chi connectivity index (χ0) is 16.2. The average Bonchev–Trinajstić information content (AvgIpc) is 2.57. The van der Waals surface area contributed by atoms with Crippen molar-refractivity contribution in [2.45, 2.75) is 12.8 Å². The Bertz CT molecular complexity index is 926. The van der Waals surface area contributed by atoms with Crippen LogP contribution < -0.4 is 11.0 Å². The van der Waals surface area contributed by atoms with Crippen LogP contribution in [-0.4, -0.2) is 10.2 Å². The first-order valence-corrected chi connectivity index (χ1v) is 7.28. The lowest BCUT2D eigenvalue weighted by Crippen LogP contribution is -2.27. The van der Waals surface area contributed by atoms with Gasteiger partial charge in [-0.15, -0.1) is 0 Å². The van der Waals surface area contributed by atoms with Crippen LogP contribution in [0.2, 0.25) is 0 Å². The van der Waals surface area contributed by atoms with Crippen LogP contribution in [0.5, 0.6) is 0 Å². The van der Waals surface area contributed by atoms with Crippen LogP contribution in [0.25, 0.3) is 11.1 Å². The Hall–Kier alpha value is -2.95. The highest BCUT2D eigenvalue weighted by Gasteiger charge is 2.04. The van der Waals surface area contributed by atoms with Crippen LogP contribution in [-0.2, 0) is 12.8 Å². The summed E-state index contributed by atoms with van der Waals surface area (Å²) in [5.41, 5.74) is 1.94. The highest BCUT2D eigenvalue weighted by atomic mass is 19.1. The van der Waals surface area contributed by atoms with Crippen LogP contribution in [0.4, 0.5) is 4.39 Å². The Morgan fingerprint density at radius 2 is 1.61 bits per heavy atom. The monoisotopic (exact) mass is 310 g/mol. The molecular formula is C18H15FN2O2. The summed E-state index contributed by atoms with van der Waals surface area (Å²) in [4.78, 5) is 22.3. The van der Waals surface area contributed by atoms with Crippen molar-refractivity contribution in [2.24, 2.45) is 0 Å². The summed E-state index contributed by atoms with van der Waals surface area (Å²) in [6.45, 7) is 0. The van der Waals surface area contributed by atoms with Gasteiger partial charge in [0.05, 0.1) is 0 Å². The van der Waals surface area contributed by atoms with Crippen molar-refractivity contribution in [1.29, 1.82) is 0 Å².